The third kappa shape index (κ3) is 3.16. The average molecular weight is 250 g/mol. The molecular formula is C16H30N2. The Kier molecular flexibility index (Phi) is 5.25. The van der Waals surface area contributed by atoms with Gasteiger partial charge >= 0.3 is 0 Å². The van der Waals surface area contributed by atoms with Crippen molar-refractivity contribution in [1.82, 2.24) is 10.2 Å². The number of piperidine rings is 2. The summed E-state index contributed by atoms with van der Waals surface area (Å²) in [5.41, 5.74) is 0. The number of nitrogens with one attached hydrogen (secondary N) is 1. The van der Waals surface area contributed by atoms with Crippen molar-refractivity contribution in [3.8, 4) is 0 Å². The first-order valence-electron chi connectivity index (χ1n) is 7.88. The Hall–Kier alpha value is -0.340. The molecule has 0 aromatic rings. The molecule has 0 amide bonds. The van der Waals surface area contributed by atoms with Gasteiger partial charge in [-0.2, -0.15) is 0 Å². The molecule has 0 radical (unpaired) electrons. The van der Waals surface area contributed by atoms with Crippen LogP contribution in [-0.4, -0.2) is 35.6 Å². The Morgan fingerprint density at radius 2 is 2.00 bits per heavy atom. The second-order valence-electron chi connectivity index (χ2n) is 6.18. The Bertz CT molecular complexity index is 250. The molecule has 0 spiro atoms. The molecule has 2 nitrogen and oxygen atoms in total. The first kappa shape index (κ1) is 14.1. The second kappa shape index (κ2) is 6.72. The van der Waals surface area contributed by atoms with Crippen LogP contribution in [0.4, 0.5) is 0 Å². The van der Waals surface area contributed by atoms with Crippen molar-refractivity contribution in [3.63, 3.8) is 0 Å². The van der Waals surface area contributed by atoms with E-state index in [9.17, 15) is 0 Å². The molecule has 1 N–H and O–H groups in total. The van der Waals surface area contributed by atoms with Crippen LogP contribution in [-0.2, 0) is 0 Å². The van der Waals surface area contributed by atoms with Crippen LogP contribution in [0.3, 0.4) is 0 Å². The number of fused-ring (bicyclic) bond motifs is 2. The molecule has 104 valence electrons. The fraction of sp³-hybridized carbons (Fsp3) is 0.875. The maximum absolute atomic E-state index is 3.91. The fourth-order valence-corrected chi connectivity index (χ4v) is 4.02. The van der Waals surface area contributed by atoms with Gasteiger partial charge in [0.1, 0.15) is 0 Å². The van der Waals surface area contributed by atoms with Crippen molar-refractivity contribution < 1.29 is 0 Å². The van der Waals surface area contributed by atoms with Crippen LogP contribution in [0.15, 0.2) is 12.7 Å². The molecule has 2 heterocycles. The molecule has 2 saturated heterocycles. The molecule has 2 rings (SSSR count). The van der Waals surface area contributed by atoms with Crippen molar-refractivity contribution in [2.24, 2.45) is 0 Å². The molecule has 0 aliphatic carbocycles. The third-order valence-electron chi connectivity index (χ3n) is 4.73. The predicted octanol–water partition coefficient (Wildman–Crippen LogP) is 3.34. The van der Waals surface area contributed by atoms with Gasteiger partial charge in [0.05, 0.1) is 0 Å². The van der Waals surface area contributed by atoms with Crippen molar-refractivity contribution in [2.45, 2.75) is 83.0 Å². The summed E-state index contributed by atoms with van der Waals surface area (Å²) >= 11 is 0. The highest BCUT2D eigenvalue weighted by Gasteiger charge is 2.39. The lowest BCUT2D eigenvalue weighted by Gasteiger charge is -2.51. The molecule has 0 aromatic heterocycles. The maximum Gasteiger partial charge on any atom is 0.0116 e. The van der Waals surface area contributed by atoms with E-state index in [0.29, 0.717) is 6.04 Å². The highest BCUT2D eigenvalue weighted by atomic mass is 15.2. The van der Waals surface area contributed by atoms with Gasteiger partial charge in [-0.15, -0.1) is 6.58 Å². The zero-order valence-electron chi connectivity index (χ0n) is 12.2. The molecule has 2 aliphatic rings. The van der Waals surface area contributed by atoms with Gasteiger partial charge in [0.15, 0.2) is 0 Å². The number of hydrogen-bond donors (Lipinski definition) is 1. The van der Waals surface area contributed by atoms with Gasteiger partial charge in [-0.1, -0.05) is 19.4 Å². The number of hydrogen-bond acceptors (Lipinski definition) is 2. The molecule has 2 fully saturated rings. The number of rotatable bonds is 6. The molecule has 3 atom stereocenters. The molecule has 2 bridgehead atoms. The SMILES string of the molecule is C=CCC(C)N1C2CCCC1CC(NCCC)C2. The van der Waals surface area contributed by atoms with Gasteiger partial charge in [0.2, 0.25) is 0 Å². The molecule has 2 aliphatic heterocycles. The zero-order valence-corrected chi connectivity index (χ0v) is 12.2. The van der Waals surface area contributed by atoms with E-state index in [1.54, 1.807) is 0 Å². The van der Waals surface area contributed by atoms with E-state index in [0.717, 1.165) is 24.5 Å². The van der Waals surface area contributed by atoms with Gasteiger partial charge in [-0.25, -0.2) is 0 Å². The summed E-state index contributed by atoms with van der Waals surface area (Å²) in [6.45, 7) is 9.73. The van der Waals surface area contributed by atoms with E-state index in [1.807, 2.05) is 0 Å². The minimum Gasteiger partial charge on any atom is -0.314 e. The van der Waals surface area contributed by atoms with Gasteiger partial charge < -0.3 is 5.32 Å². The fourth-order valence-electron chi connectivity index (χ4n) is 4.02. The lowest BCUT2D eigenvalue weighted by Crippen LogP contribution is -2.58. The Labute approximate surface area is 113 Å². The lowest BCUT2D eigenvalue weighted by atomic mass is 9.80. The minimum absolute atomic E-state index is 0.685. The summed E-state index contributed by atoms with van der Waals surface area (Å²) in [6.07, 6.45) is 11.4. The second-order valence-corrected chi connectivity index (χ2v) is 6.18. The van der Waals surface area contributed by atoms with Gasteiger partial charge in [0.25, 0.3) is 0 Å². The zero-order chi connectivity index (χ0) is 13.0. The summed E-state index contributed by atoms with van der Waals surface area (Å²) in [4.78, 5) is 2.81. The minimum atomic E-state index is 0.685. The van der Waals surface area contributed by atoms with Gasteiger partial charge in [-0.05, 0) is 52.0 Å². The molecule has 0 saturated carbocycles. The van der Waals surface area contributed by atoms with E-state index in [-0.39, 0.29) is 0 Å². The number of nitrogens with zero attached hydrogens (tertiary/aromatic N) is 1. The van der Waals surface area contributed by atoms with Crippen LogP contribution in [0.25, 0.3) is 0 Å². The third-order valence-corrected chi connectivity index (χ3v) is 4.73. The van der Waals surface area contributed by atoms with Crippen LogP contribution in [0.5, 0.6) is 0 Å². The van der Waals surface area contributed by atoms with Crippen LogP contribution in [0.2, 0.25) is 0 Å². The monoisotopic (exact) mass is 250 g/mol. The van der Waals surface area contributed by atoms with Gasteiger partial charge in [-0.3, -0.25) is 4.90 Å². The highest BCUT2D eigenvalue weighted by molar-refractivity contribution is 4.97. The molecular weight excluding hydrogens is 220 g/mol. The summed E-state index contributed by atoms with van der Waals surface area (Å²) in [5.74, 6) is 0. The largest absolute Gasteiger partial charge is 0.314 e. The van der Waals surface area contributed by atoms with E-state index in [2.05, 4.69) is 36.7 Å². The first-order chi connectivity index (χ1) is 8.76. The van der Waals surface area contributed by atoms with Crippen LogP contribution >= 0.6 is 0 Å². The molecule has 3 unspecified atom stereocenters. The van der Waals surface area contributed by atoms with Gasteiger partial charge in [0, 0.05) is 24.2 Å². The smallest absolute Gasteiger partial charge is 0.0116 e. The Morgan fingerprint density at radius 1 is 1.33 bits per heavy atom. The summed E-state index contributed by atoms with van der Waals surface area (Å²) < 4.78 is 0. The van der Waals surface area contributed by atoms with Crippen LogP contribution in [0, 0.1) is 0 Å². The van der Waals surface area contributed by atoms with Crippen molar-refractivity contribution in [1.29, 1.82) is 0 Å². The lowest BCUT2D eigenvalue weighted by molar-refractivity contribution is -0.00432. The topological polar surface area (TPSA) is 15.3 Å². The molecule has 0 aromatic carbocycles. The standard InChI is InChI=1S/C16H30N2/c1-4-7-13(3)18-15-8-6-9-16(18)12-14(11-15)17-10-5-2/h4,13-17H,1,5-12H2,2-3H3. The van der Waals surface area contributed by atoms with E-state index >= 15 is 0 Å². The average Bonchev–Trinajstić information content (AvgIpc) is 2.35. The summed E-state index contributed by atoms with van der Waals surface area (Å²) in [7, 11) is 0. The van der Waals surface area contributed by atoms with Crippen molar-refractivity contribution in [3.05, 3.63) is 12.7 Å². The normalized spacial score (nSPS) is 34.2. The van der Waals surface area contributed by atoms with E-state index < -0.39 is 0 Å². The van der Waals surface area contributed by atoms with Crippen LogP contribution in [0.1, 0.15) is 58.8 Å². The quantitative estimate of drug-likeness (QED) is 0.727. The van der Waals surface area contributed by atoms with E-state index in [4.69, 9.17) is 0 Å². The van der Waals surface area contributed by atoms with Crippen LogP contribution < -0.4 is 5.32 Å². The summed E-state index contributed by atoms with van der Waals surface area (Å²) in [6, 6.07) is 3.10. The molecule has 2 heteroatoms. The summed E-state index contributed by atoms with van der Waals surface area (Å²) in [5, 5.41) is 3.74. The Balaban J connectivity index is 1.96. The predicted molar refractivity (Wildman–Crippen MR) is 78.9 cm³/mol. The Morgan fingerprint density at radius 3 is 2.56 bits per heavy atom. The highest BCUT2D eigenvalue weighted by Crippen LogP contribution is 2.36. The first-order valence-corrected chi connectivity index (χ1v) is 7.88. The molecule has 18 heavy (non-hydrogen) atoms. The van der Waals surface area contributed by atoms with E-state index in [1.165, 1.54) is 45.1 Å². The van der Waals surface area contributed by atoms with Crippen molar-refractivity contribution in [2.75, 3.05) is 6.54 Å². The van der Waals surface area contributed by atoms with Crippen molar-refractivity contribution >= 4 is 0 Å². The maximum atomic E-state index is 3.91.